The normalized spacial score (nSPS) is 17.3. The standard InChI is InChI=1S/C21H21F4N5O/c22-13-7-4-12(5-8-13)6-9-17(31)30-10-2-1-3-16(30)15-11-14(21(23,24)25)18-19(26)28-29-20(18)27-15/h4-5,7-8,11,16H,1-3,6,9-10H2,(H3,26,27,28,29)/t16-/m0/s1. The number of aromatic nitrogens is 3. The van der Waals surface area contributed by atoms with Crippen molar-refractivity contribution in [3.05, 3.63) is 53.0 Å². The van der Waals surface area contributed by atoms with Crippen LogP contribution in [0.2, 0.25) is 0 Å². The number of hydrogen-bond donors (Lipinski definition) is 2. The first-order valence-corrected chi connectivity index (χ1v) is 9.99. The van der Waals surface area contributed by atoms with Crippen LogP contribution in [0.3, 0.4) is 0 Å². The first-order valence-electron chi connectivity index (χ1n) is 9.99. The van der Waals surface area contributed by atoms with E-state index < -0.39 is 17.8 Å². The van der Waals surface area contributed by atoms with Gasteiger partial charge in [0.25, 0.3) is 0 Å². The minimum absolute atomic E-state index is 0.119. The summed E-state index contributed by atoms with van der Waals surface area (Å²) in [6, 6.07) is 6.29. The SMILES string of the molecule is Nc1[nH]nc2nc([C@@H]3CCCCN3C(=O)CCc3ccc(F)cc3)cc(C(F)(F)F)c12. The van der Waals surface area contributed by atoms with Crippen LogP contribution < -0.4 is 5.73 Å². The molecule has 1 aliphatic rings. The molecule has 1 saturated heterocycles. The number of carbonyl (C=O) groups is 1. The third-order valence-electron chi connectivity index (χ3n) is 5.58. The lowest BCUT2D eigenvalue weighted by atomic mass is 9.96. The molecule has 10 heteroatoms. The van der Waals surface area contributed by atoms with E-state index in [4.69, 9.17) is 5.73 Å². The van der Waals surface area contributed by atoms with Crippen molar-refractivity contribution in [2.75, 3.05) is 12.3 Å². The van der Waals surface area contributed by atoms with Crippen LogP contribution in [0, 0.1) is 5.82 Å². The number of rotatable bonds is 4. The monoisotopic (exact) mass is 435 g/mol. The second kappa shape index (κ2) is 8.16. The number of carbonyl (C=O) groups excluding carboxylic acids is 1. The van der Waals surface area contributed by atoms with Gasteiger partial charge in [-0.25, -0.2) is 9.37 Å². The summed E-state index contributed by atoms with van der Waals surface area (Å²) in [6.45, 7) is 0.441. The van der Waals surface area contributed by atoms with E-state index >= 15 is 0 Å². The highest BCUT2D eigenvalue weighted by atomic mass is 19.4. The van der Waals surface area contributed by atoms with Crippen LogP contribution in [0.1, 0.15) is 48.5 Å². The van der Waals surface area contributed by atoms with Gasteiger partial charge in [-0.05, 0) is 49.4 Å². The number of likely N-dealkylation sites (tertiary alicyclic amines) is 1. The molecule has 0 saturated carbocycles. The van der Waals surface area contributed by atoms with Crippen molar-refractivity contribution in [3.63, 3.8) is 0 Å². The van der Waals surface area contributed by atoms with Gasteiger partial charge < -0.3 is 10.6 Å². The molecule has 1 atom stereocenters. The van der Waals surface area contributed by atoms with E-state index in [0.29, 0.717) is 19.4 Å². The van der Waals surface area contributed by atoms with Crippen molar-refractivity contribution in [2.24, 2.45) is 0 Å². The number of benzene rings is 1. The molecule has 0 radical (unpaired) electrons. The highest BCUT2D eigenvalue weighted by Gasteiger charge is 2.37. The Hall–Kier alpha value is -3.17. The van der Waals surface area contributed by atoms with Gasteiger partial charge in [-0.3, -0.25) is 9.89 Å². The molecule has 1 fully saturated rings. The molecule has 0 aliphatic carbocycles. The molecular formula is C21H21F4N5O. The summed E-state index contributed by atoms with van der Waals surface area (Å²) in [5, 5.41) is 5.90. The molecule has 1 aliphatic heterocycles. The van der Waals surface area contributed by atoms with Crippen LogP contribution in [0.15, 0.2) is 30.3 Å². The zero-order valence-corrected chi connectivity index (χ0v) is 16.5. The molecule has 2 aromatic heterocycles. The van der Waals surface area contributed by atoms with Crippen LogP contribution in [-0.4, -0.2) is 32.5 Å². The summed E-state index contributed by atoms with van der Waals surface area (Å²) >= 11 is 0. The van der Waals surface area contributed by atoms with Crippen LogP contribution in [0.5, 0.6) is 0 Å². The lowest BCUT2D eigenvalue weighted by Crippen LogP contribution is -2.39. The van der Waals surface area contributed by atoms with Crippen molar-refractivity contribution in [2.45, 2.75) is 44.3 Å². The quantitative estimate of drug-likeness (QED) is 0.595. The molecule has 1 aromatic carbocycles. The average molecular weight is 435 g/mol. The number of pyridine rings is 1. The van der Waals surface area contributed by atoms with Crippen molar-refractivity contribution in [1.29, 1.82) is 0 Å². The van der Waals surface area contributed by atoms with E-state index in [1.807, 2.05) is 0 Å². The van der Waals surface area contributed by atoms with Gasteiger partial charge in [0.05, 0.1) is 22.7 Å². The number of piperidine rings is 1. The molecule has 3 aromatic rings. The fraction of sp³-hybridized carbons (Fsp3) is 0.381. The average Bonchev–Trinajstić information content (AvgIpc) is 3.12. The number of anilines is 1. The van der Waals surface area contributed by atoms with Gasteiger partial charge in [-0.15, -0.1) is 0 Å². The van der Waals surface area contributed by atoms with E-state index in [1.165, 1.54) is 12.1 Å². The van der Waals surface area contributed by atoms with Crippen LogP contribution >= 0.6 is 0 Å². The summed E-state index contributed by atoms with van der Waals surface area (Å²) in [5.74, 6) is -0.726. The van der Waals surface area contributed by atoms with E-state index in [1.54, 1.807) is 17.0 Å². The fourth-order valence-electron chi connectivity index (χ4n) is 4.04. The molecule has 31 heavy (non-hydrogen) atoms. The number of hydrogen-bond acceptors (Lipinski definition) is 4. The van der Waals surface area contributed by atoms with Gasteiger partial charge in [-0.2, -0.15) is 18.3 Å². The van der Waals surface area contributed by atoms with Crippen molar-refractivity contribution >= 4 is 22.8 Å². The molecular weight excluding hydrogens is 414 g/mol. The first kappa shape index (κ1) is 21.1. The summed E-state index contributed by atoms with van der Waals surface area (Å²) in [4.78, 5) is 18.8. The van der Waals surface area contributed by atoms with E-state index in [2.05, 4.69) is 15.2 Å². The number of amides is 1. The molecule has 1 amide bonds. The maximum atomic E-state index is 13.7. The third kappa shape index (κ3) is 4.33. The summed E-state index contributed by atoms with van der Waals surface area (Å²) < 4.78 is 54.1. The molecule has 0 spiro atoms. The molecule has 3 N–H and O–H groups in total. The number of nitrogens with one attached hydrogen (secondary N) is 1. The lowest BCUT2D eigenvalue weighted by Gasteiger charge is -2.35. The Bertz CT molecular complexity index is 1090. The van der Waals surface area contributed by atoms with Gasteiger partial charge in [0.2, 0.25) is 5.91 Å². The largest absolute Gasteiger partial charge is 0.417 e. The van der Waals surface area contributed by atoms with Crippen LogP contribution in [-0.2, 0) is 17.4 Å². The number of aromatic amines is 1. The van der Waals surface area contributed by atoms with Gasteiger partial charge >= 0.3 is 6.18 Å². The van der Waals surface area contributed by atoms with Gasteiger partial charge in [0.15, 0.2) is 5.65 Å². The van der Waals surface area contributed by atoms with Crippen LogP contribution in [0.25, 0.3) is 11.0 Å². The number of halogens is 4. The summed E-state index contributed by atoms with van der Waals surface area (Å²) in [6.07, 6.45) is -2.00. The molecule has 0 bridgehead atoms. The van der Waals surface area contributed by atoms with E-state index in [0.717, 1.165) is 24.5 Å². The number of nitrogens with zero attached hydrogens (tertiary/aromatic N) is 3. The van der Waals surface area contributed by atoms with Gasteiger partial charge in [0, 0.05) is 13.0 Å². The fourth-order valence-corrected chi connectivity index (χ4v) is 4.04. The highest BCUT2D eigenvalue weighted by molar-refractivity contribution is 5.90. The Labute approximate surface area is 175 Å². The second-order valence-corrected chi connectivity index (χ2v) is 7.65. The maximum absolute atomic E-state index is 13.7. The predicted octanol–water partition coefficient (Wildman–Crippen LogP) is 4.38. The number of alkyl halides is 3. The summed E-state index contributed by atoms with van der Waals surface area (Å²) in [5.41, 5.74) is 5.57. The second-order valence-electron chi connectivity index (χ2n) is 7.65. The van der Waals surface area contributed by atoms with Crippen molar-refractivity contribution in [3.8, 4) is 0 Å². The zero-order chi connectivity index (χ0) is 22.2. The highest BCUT2D eigenvalue weighted by Crippen LogP contribution is 2.39. The number of H-pyrrole nitrogens is 1. The van der Waals surface area contributed by atoms with Crippen molar-refractivity contribution < 1.29 is 22.4 Å². The van der Waals surface area contributed by atoms with Gasteiger partial charge in [0.1, 0.15) is 11.6 Å². The van der Waals surface area contributed by atoms with Crippen molar-refractivity contribution in [1.82, 2.24) is 20.1 Å². The van der Waals surface area contributed by atoms with E-state index in [9.17, 15) is 22.4 Å². The molecule has 3 heterocycles. The molecule has 164 valence electrons. The Morgan fingerprint density at radius 1 is 1.23 bits per heavy atom. The predicted molar refractivity (Wildman–Crippen MR) is 106 cm³/mol. The Morgan fingerprint density at radius 3 is 2.68 bits per heavy atom. The van der Waals surface area contributed by atoms with Crippen LogP contribution in [0.4, 0.5) is 23.4 Å². The number of fused-ring (bicyclic) bond motifs is 1. The topological polar surface area (TPSA) is 87.9 Å². The van der Waals surface area contributed by atoms with E-state index in [-0.39, 0.29) is 40.7 Å². The first-order chi connectivity index (χ1) is 14.7. The third-order valence-corrected chi connectivity index (χ3v) is 5.58. The van der Waals surface area contributed by atoms with Gasteiger partial charge in [-0.1, -0.05) is 12.1 Å². The maximum Gasteiger partial charge on any atom is 0.417 e. The lowest BCUT2D eigenvalue weighted by molar-refractivity contribution is -0.136. The number of nitrogens with two attached hydrogens (primary N) is 1. The Balaban J connectivity index is 1.61. The number of nitrogen functional groups attached to an aromatic ring is 1. The zero-order valence-electron chi connectivity index (χ0n) is 16.5. The smallest absolute Gasteiger partial charge is 0.383 e. The minimum atomic E-state index is -4.64. The summed E-state index contributed by atoms with van der Waals surface area (Å²) in [7, 11) is 0. The molecule has 0 unspecified atom stereocenters. The number of aryl methyl sites for hydroxylation is 1. The molecule has 4 rings (SSSR count). The Morgan fingerprint density at radius 2 is 1.97 bits per heavy atom. The Kier molecular flexibility index (Phi) is 5.55. The molecule has 6 nitrogen and oxygen atoms in total. The minimum Gasteiger partial charge on any atom is -0.383 e.